The van der Waals surface area contributed by atoms with Crippen LogP contribution in [-0.4, -0.2) is 17.4 Å². The van der Waals surface area contributed by atoms with E-state index in [-0.39, 0.29) is 0 Å². The Labute approximate surface area is 146 Å². The first-order valence-electron chi connectivity index (χ1n) is 7.81. The minimum Gasteiger partial charge on any atom is -0.253 e. The van der Waals surface area contributed by atoms with Gasteiger partial charge in [0.05, 0.1) is 12.2 Å². The number of rotatable bonds is 7. The third-order valence-electron chi connectivity index (χ3n) is 3.62. The van der Waals surface area contributed by atoms with E-state index >= 15 is 0 Å². The summed E-state index contributed by atoms with van der Waals surface area (Å²) >= 11 is 7.57. The second-order valence-electron chi connectivity index (χ2n) is 5.19. The SMILES string of the molecule is C=CCN=c1scc(-c2ccc(Cl)cc2)n1/N=C\C(CC)CC. The maximum Gasteiger partial charge on any atom is 0.206 e. The molecule has 0 aliphatic rings. The van der Waals surface area contributed by atoms with Crippen molar-refractivity contribution in [1.82, 2.24) is 4.68 Å². The van der Waals surface area contributed by atoms with E-state index in [9.17, 15) is 0 Å². The summed E-state index contributed by atoms with van der Waals surface area (Å²) in [4.78, 5) is 5.41. The second-order valence-corrected chi connectivity index (χ2v) is 6.47. The highest BCUT2D eigenvalue weighted by Crippen LogP contribution is 2.22. The van der Waals surface area contributed by atoms with Crippen molar-refractivity contribution < 1.29 is 0 Å². The van der Waals surface area contributed by atoms with Crippen molar-refractivity contribution in [3.63, 3.8) is 0 Å². The van der Waals surface area contributed by atoms with Gasteiger partial charge in [0.1, 0.15) is 0 Å². The maximum absolute atomic E-state index is 5.99. The highest BCUT2D eigenvalue weighted by atomic mass is 35.5. The predicted octanol–water partition coefficient (Wildman–Crippen LogP) is 5.23. The average molecular weight is 348 g/mol. The summed E-state index contributed by atoms with van der Waals surface area (Å²) < 4.78 is 1.91. The van der Waals surface area contributed by atoms with Gasteiger partial charge >= 0.3 is 0 Å². The fraction of sp³-hybridized carbons (Fsp3) is 0.333. The minimum atomic E-state index is 0.479. The van der Waals surface area contributed by atoms with Crippen molar-refractivity contribution in [1.29, 1.82) is 0 Å². The smallest absolute Gasteiger partial charge is 0.206 e. The summed E-state index contributed by atoms with van der Waals surface area (Å²) in [6.45, 7) is 8.68. The van der Waals surface area contributed by atoms with Crippen LogP contribution in [0.15, 0.2) is 52.4 Å². The zero-order valence-electron chi connectivity index (χ0n) is 13.6. The second kappa shape index (κ2) is 8.85. The van der Waals surface area contributed by atoms with E-state index in [0.29, 0.717) is 12.5 Å². The molecule has 0 N–H and O–H groups in total. The van der Waals surface area contributed by atoms with Gasteiger partial charge in [0.15, 0.2) is 0 Å². The molecule has 0 aliphatic carbocycles. The molecule has 23 heavy (non-hydrogen) atoms. The molecule has 0 spiro atoms. The molecule has 0 radical (unpaired) electrons. The van der Waals surface area contributed by atoms with E-state index < -0.39 is 0 Å². The molecule has 2 rings (SSSR count). The molecule has 1 aromatic heterocycles. The molecule has 0 saturated heterocycles. The Morgan fingerprint density at radius 2 is 1.96 bits per heavy atom. The molecule has 0 unspecified atom stereocenters. The molecule has 0 aliphatic heterocycles. The van der Waals surface area contributed by atoms with E-state index in [1.807, 2.05) is 35.2 Å². The van der Waals surface area contributed by atoms with Crippen molar-refractivity contribution in [3.8, 4) is 11.3 Å². The summed E-state index contributed by atoms with van der Waals surface area (Å²) in [6.07, 6.45) is 5.98. The Hall–Kier alpha value is -1.65. The van der Waals surface area contributed by atoms with Gasteiger partial charge in [-0.25, -0.2) is 4.68 Å². The lowest BCUT2D eigenvalue weighted by Crippen LogP contribution is -2.13. The number of benzene rings is 1. The van der Waals surface area contributed by atoms with E-state index in [1.54, 1.807) is 17.4 Å². The van der Waals surface area contributed by atoms with Gasteiger partial charge in [-0.2, -0.15) is 5.10 Å². The topological polar surface area (TPSA) is 29.6 Å². The van der Waals surface area contributed by atoms with E-state index in [2.05, 4.69) is 30.8 Å². The van der Waals surface area contributed by atoms with E-state index in [1.165, 1.54) is 0 Å². The van der Waals surface area contributed by atoms with Crippen molar-refractivity contribution in [2.75, 3.05) is 6.54 Å². The van der Waals surface area contributed by atoms with Crippen molar-refractivity contribution >= 4 is 29.2 Å². The number of hydrogen-bond donors (Lipinski definition) is 0. The van der Waals surface area contributed by atoms with Crippen LogP contribution in [0.4, 0.5) is 0 Å². The van der Waals surface area contributed by atoms with Crippen LogP contribution in [0.3, 0.4) is 0 Å². The zero-order chi connectivity index (χ0) is 16.7. The van der Waals surface area contributed by atoms with Gasteiger partial charge in [0.25, 0.3) is 0 Å². The Morgan fingerprint density at radius 1 is 1.26 bits per heavy atom. The highest BCUT2D eigenvalue weighted by molar-refractivity contribution is 7.07. The molecular weight excluding hydrogens is 326 g/mol. The van der Waals surface area contributed by atoms with Gasteiger partial charge in [-0.15, -0.1) is 17.9 Å². The summed E-state index contributed by atoms with van der Waals surface area (Å²) in [6, 6.07) is 7.80. The minimum absolute atomic E-state index is 0.479. The van der Waals surface area contributed by atoms with Gasteiger partial charge in [-0.05, 0) is 30.9 Å². The number of thiazole rings is 1. The number of aromatic nitrogens is 1. The number of hydrogen-bond acceptors (Lipinski definition) is 3. The standard InChI is InChI=1S/C18H22ClN3S/c1-4-11-20-18-22(21-12-14(5-2)6-3)17(13-23-18)15-7-9-16(19)10-8-15/h4,7-10,12-14H,1,5-6,11H2,2-3H3/b20-18?,21-12-. The Morgan fingerprint density at radius 3 is 2.57 bits per heavy atom. The van der Waals surface area contributed by atoms with Gasteiger partial charge in [0, 0.05) is 22.2 Å². The maximum atomic E-state index is 5.99. The lowest BCUT2D eigenvalue weighted by Gasteiger charge is -2.07. The van der Waals surface area contributed by atoms with Gasteiger partial charge < -0.3 is 0 Å². The molecular formula is C18H22ClN3S. The zero-order valence-corrected chi connectivity index (χ0v) is 15.1. The molecule has 0 amide bonds. The Bertz CT molecular complexity index is 721. The molecule has 122 valence electrons. The Kier molecular flexibility index (Phi) is 6.81. The fourth-order valence-corrected chi connectivity index (χ4v) is 3.11. The molecule has 2 aromatic rings. The quantitative estimate of drug-likeness (QED) is 0.485. The summed E-state index contributed by atoms with van der Waals surface area (Å²) in [7, 11) is 0. The molecule has 0 atom stereocenters. The largest absolute Gasteiger partial charge is 0.253 e. The van der Waals surface area contributed by atoms with Crippen molar-refractivity contribution in [3.05, 3.63) is 52.1 Å². The van der Waals surface area contributed by atoms with Crippen LogP contribution in [0.25, 0.3) is 11.3 Å². The average Bonchev–Trinajstić information content (AvgIpc) is 2.97. The molecule has 0 bridgehead atoms. The third kappa shape index (κ3) is 4.66. The lowest BCUT2D eigenvalue weighted by atomic mass is 10.1. The highest BCUT2D eigenvalue weighted by Gasteiger charge is 2.08. The van der Waals surface area contributed by atoms with Crippen LogP contribution >= 0.6 is 22.9 Å². The molecule has 3 nitrogen and oxygen atoms in total. The van der Waals surface area contributed by atoms with Crippen LogP contribution in [0.2, 0.25) is 5.02 Å². The predicted molar refractivity (Wildman–Crippen MR) is 101 cm³/mol. The summed E-state index contributed by atoms with van der Waals surface area (Å²) in [5, 5.41) is 7.51. The van der Waals surface area contributed by atoms with Gasteiger partial charge in [0.2, 0.25) is 4.80 Å². The molecule has 1 heterocycles. The number of halogens is 1. The van der Waals surface area contributed by atoms with Crippen molar-refractivity contribution in [2.24, 2.45) is 16.0 Å². The van der Waals surface area contributed by atoms with Crippen LogP contribution in [-0.2, 0) is 0 Å². The first kappa shape index (κ1) is 17.7. The first-order valence-corrected chi connectivity index (χ1v) is 9.07. The van der Waals surface area contributed by atoms with Crippen LogP contribution in [0.5, 0.6) is 0 Å². The van der Waals surface area contributed by atoms with Crippen LogP contribution in [0.1, 0.15) is 26.7 Å². The van der Waals surface area contributed by atoms with Gasteiger partial charge in [-0.3, -0.25) is 4.99 Å². The third-order valence-corrected chi connectivity index (χ3v) is 4.73. The van der Waals surface area contributed by atoms with Crippen LogP contribution in [0, 0.1) is 5.92 Å². The summed E-state index contributed by atoms with van der Waals surface area (Å²) in [5.41, 5.74) is 2.10. The van der Waals surface area contributed by atoms with E-state index in [4.69, 9.17) is 16.7 Å². The Balaban J connectivity index is 2.48. The fourth-order valence-electron chi connectivity index (χ4n) is 2.14. The van der Waals surface area contributed by atoms with E-state index in [0.717, 1.165) is 33.9 Å². The first-order chi connectivity index (χ1) is 11.2. The number of nitrogens with zero attached hydrogens (tertiary/aromatic N) is 3. The molecule has 1 aromatic carbocycles. The van der Waals surface area contributed by atoms with Crippen LogP contribution < -0.4 is 4.80 Å². The monoisotopic (exact) mass is 347 g/mol. The van der Waals surface area contributed by atoms with Gasteiger partial charge in [-0.1, -0.05) is 43.7 Å². The molecule has 5 heteroatoms. The summed E-state index contributed by atoms with van der Waals surface area (Å²) in [5.74, 6) is 0.479. The lowest BCUT2D eigenvalue weighted by molar-refractivity contribution is 0.647. The molecule has 0 saturated carbocycles. The molecule has 0 fully saturated rings. The van der Waals surface area contributed by atoms with Crippen molar-refractivity contribution in [2.45, 2.75) is 26.7 Å². The normalized spacial score (nSPS) is 12.4.